The van der Waals surface area contributed by atoms with Crippen molar-refractivity contribution in [2.75, 3.05) is 7.11 Å². The Bertz CT molecular complexity index is 881. The monoisotopic (exact) mass is 330 g/mol. The van der Waals surface area contributed by atoms with Gasteiger partial charge < -0.3 is 4.74 Å². The minimum absolute atomic E-state index is 0.0248. The average molecular weight is 330 g/mol. The number of nitro benzene ring substituents is 1. The van der Waals surface area contributed by atoms with E-state index in [-0.39, 0.29) is 23.4 Å². The van der Waals surface area contributed by atoms with Crippen molar-refractivity contribution in [2.24, 2.45) is 0 Å². The second kappa shape index (κ2) is 5.73. The third-order valence-electron chi connectivity index (χ3n) is 3.73. The lowest BCUT2D eigenvalue weighted by atomic mass is 10.1. The number of methoxy groups -OCH3 is 1. The molecule has 0 aliphatic carbocycles. The van der Waals surface area contributed by atoms with Gasteiger partial charge in [0.1, 0.15) is 5.56 Å². The zero-order valence-electron chi connectivity index (χ0n) is 12.5. The molecule has 0 atom stereocenters. The fourth-order valence-corrected chi connectivity index (χ4v) is 2.60. The number of halogens is 1. The summed E-state index contributed by atoms with van der Waals surface area (Å²) in [5, 5.41) is 11.1. The van der Waals surface area contributed by atoms with Gasteiger partial charge in [-0.3, -0.25) is 24.6 Å². The van der Waals surface area contributed by atoms with Gasteiger partial charge in [0.2, 0.25) is 0 Å². The third kappa shape index (κ3) is 2.37. The molecule has 1 aliphatic heterocycles. The molecule has 0 aromatic heterocycles. The van der Waals surface area contributed by atoms with Crippen molar-refractivity contribution < 1.29 is 23.6 Å². The number of rotatable bonds is 4. The molecule has 1 aliphatic rings. The van der Waals surface area contributed by atoms with Crippen molar-refractivity contribution >= 4 is 17.5 Å². The molecule has 122 valence electrons. The molecule has 3 rings (SSSR count). The van der Waals surface area contributed by atoms with E-state index in [0.29, 0.717) is 5.56 Å². The van der Waals surface area contributed by atoms with Crippen LogP contribution in [0.4, 0.5) is 10.1 Å². The molecule has 2 aromatic rings. The Morgan fingerprint density at radius 1 is 1.21 bits per heavy atom. The Labute approximate surface area is 135 Å². The highest BCUT2D eigenvalue weighted by atomic mass is 19.1. The molecule has 2 aromatic carbocycles. The van der Waals surface area contributed by atoms with Gasteiger partial charge in [-0.2, -0.15) is 0 Å². The first-order valence-electron chi connectivity index (χ1n) is 6.90. The summed E-state index contributed by atoms with van der Waals surface area (Å²) in [6.45, 7) is -0.190. The Balaban J connectivity index is 1.96. The second-order valence-corrected chi connectivity index (χ2v) is 5.12. The third-order valence-corrected chi connectivity index (χ3v) is 3.73. The maximum Gasteiger partial charge on any atom is 0.282 e. The van der Waals surface area contributed by atoms with Crippen LogP contribution in [0, 0.1) is 15.9 Å². The summed E-state index contributed by atoms with van der Waals surface area (Å²) in [5.74, 6) is -2.00. The van der Waals surface area contributed by atoms with Crippen LogP contribution in [0.15, 0.2) is 36.4 Å². The predicted octanol–water partition coefficient (Wildman–Crippen LogP) is 2.54. The van der Waals surface area contributed by atoms with Crippen LogP contribution >= 0.6 is 0 Å². The van der Waals surface area contributed by atoms with Crippen LogP contribution < -0.4 is 4.74 Å². The lowest BCUT2D eigenvalue weighted by Crippen LogP contribution is -2.29. The fraction of sp³-hybridized carbons (Fsp3) is 0.125. The second-order valence-electron chi connectivity index (χ2n) is 5.12. The maximum atomic E-state index is 13.7. The van der Waals surface area contributed by atoms with Gasteiger partial charge in [0.25, 0.3) is 17.5 Å². The minimum atomic E-state index is -0.765. The summed E-state index contributed by atoms with van der Waals surface area (Å²) in [6, 6.07) is 7.92. The van der Waals surface area contributed by atoms with E-state index in [1.54, 1.807) is 0 Å². The Morgan fingerprint density at radius 3 is 2.58 bits per heavy atom. The van der Waals surface area contributed by atoms with E-state index in [9.17, 15) is 24.1 Å². The van der Waals surface area contributed by atoms with Crippen molar-refractivity contribution in [1.29, 1.82) is 0 Å². The molecule has 2 amide bonds. The van der Waals surface area contributed by atoms with Gasteiger partial charge in [0.15, 0.2) is 11.6 Å². The van der Waals surface area contributed by atoms with Crippen molar-refractivity contribution in [3.63, 3.8) is 0 Å². The van der Waals surface area contributed by atoms with E-state index < -0.39 is 28.2 Å². The topological polar surface area (TPSA) is 89.8 Å². The van der Waals surface area contributed by atoms with Gasteiger partial charge >= 0.3 is 0 Å². The Hall–Kier alpha value is -3.29. The number of ether oxygens (including phenoxy) is 1. The van der Waals surface area contributed by atoms with Gasteiger partial charge in [0.05, 0.1) is 24.1 Å². The molecule has 0 unspecified atom stereocenters. The molecule has 0 radical (unpaired) electrons. The average Bonchev–Trinajstić information content (AvgIpc) is 2.80. The normalized spacial score (nSPS) is 13.2. The number of fused-ring (bicyclic) bond motifs is 1. The van der Waals surface area contributed by atoms with Crippen LogP contribution in [0.3, 0.4) is 0 Å². The number of carbonyl (C=O) groups is 2. The Morgan fingerprint density at radius 2 is 1.96 bits per heavy atom. The van der Waals surface area contributed by atoms with Gasteiger partial charge in [-0.1, -0.05) is 12.1 Å². The van der Waals surface area contributed by atoms with Crippen molar-refractivity contribution in [3.05, 3.63) is 69.0 Å². The summed E-state index contributed by atoms with van der Waals surface area (Å²) >= 11 is 0. The molecule has 0 fully saturated rings. The summed E-state index contributed by atoms with van der Waals surface area (Å²) in [4.78, 5) is 36.0. The van der Waals surface area contributed by atoms with Crippen LogP contribution in [0.2, 0.25) is 0 Å². The SMILES string of the molecule is COc1ccc(CN2C(=O)c3cccc([N+](=O)[O-])c3C2=O)cc1F. The number of carbonyl (C=O) groups excluding carboxylic acids is 2. The van der Waals surface area contributed by atoms with Crippen molar-refractivity contribution in [1.82, 2.24) is 4.90 Å². The number of imide groups is 1. The number of hydrogen-bond acceptors (Lipinski definition) is 5. The van der Waals surface area contributed by atoms with E-state index in [1.165, 1.54) is 37.4 Å². The lowest BCUT2D eigenvalue weighted by Gasteiger charge is -2.14. The molecule has 1 heterocycles. The van der Waals surface area contributed by atoms with Crippen molar-refractivity contribution in [2.45, 2.75) is 6.54 Å². The molecule has 0 spiro atoms. The minimum Gasteiger partial charge on any atom is -0.494 e. The zero-order valence-corrected chi connectivity index (χ0v) is 12.5. The van der Waals surface area contributed by atoms with E-state index in [0.717, 1.165) is 11.0 Å². The first-order valence-corrected chi connectivity index (χ1v) is 6.90. The summed E-state index contributed by atoms with van der Waals surface area (Å²) in [6.07, 6.45) is 0. The van der Waals surface area contributed by atoms with Crippen LogP contribution in [0.1, 0.15) is 26.3 Å². The molecule has 24 heavy (non-hydrogen) atoms. The summed E-state index contributed by atoms with van der Waals surface area (Å²) < 4.78 is 18.6. The number of nitro groups is 1. The van der Waals surface area contributed by atoms with Crippen LogP contribution in [0.5, 0.6) is 5.75 Å². The van der Waals surface area contributed by atoms with Crippen LogP contribution in [0.25, 0.3) is 0 Å². The smallest absolute Gasteiger partial charge is 0.282 e. The summed E-state index contributed by atoms with van der Waals surface area (Å²) in [5.41, 5.74) is -0.315. The van der Waals surface area contributed by atoms with Crippen LogP contribution in [-0.2, 0) is 6.54 Å². The fourth-order valence-electron chi connectivity index (χ4n) is 2.60. The number of hydrogen-bond donors (Lipinski definition) is 0. The number of benzene rings is 2. The number of nitrogens with zero attached hydrogens (tertiary/aromatic N) is 2. The molecule has 0 saturated carbocycles. The maximum absolute atomic E-state index is 13.7. The first-order chi connectivity index (χ1) is 11.4. The zero-order chi connectivity index (χ0) is 17.4. The summed E-state index contributed by atoms with van der Waals surface area (Å²) in [7, 11) is 1.32. The molecule has 8 heteroatoms. The molecular formula is C16H11FN2O5. The molecule has 0 saturated heterocycles. The highest BCUT2D eigenvalue weighted by Crippen LogP contribution is 2.32. The lowest BCUT2D eigenvalue weighted by molar-refractivity contribution is -0.385. The van der Waals surface area contributed by atoms with Gasteiger partial charge in [0, 0.05) is 6.07 Å². The quantitative estimate of drug-likeness (QED) is 0.488. The van der Waals surface area contributed by atoms with E-state index in [4.69, 9.17) is 4.74 Å². The molecule has 0 bridgehead atoms. The Kier molecular flexibility index (Phi) is 3.72. The van der Waals surface area contributed by atoms with Gasteiger partial charge in [-0.05, 0) is 23.8 Å². The van der Waals surface area contributed by atoms with Gasteiger partial charge in [-0.25, -0.2) is 4.39 Å². The van der Waals surface area contributed by atoms with E-state index in [2.05, 4.69) is 0 Å². The highest BCUT2D eigenvalue weighted by molar-refractivity contribution is 6.23. The number of amides is 2. The van der Waals surface area contributed by atoms with Crippen molar-refractivity contribution in [3.8, 4) is 5.75 Å². The van der Waals surface area contributed by atoms with E-state index >= 15 is 0 Å². The standard InChI is InChI=1S/C16H11FN2O5/c1-24-13-6-5-9(7-11(13)17)8-18-15(20)10-3-2-4-12(19(22)23)14(10)16(18)21/h2-7H,8H2,1H3. The first kappa shape index (κ1) is 15.6. The van der Waals surface area contributed by atoms with E-state index in [1.807, 2.05) is 0 Å². The largest absolute Gasteiger partial charge is 0.494 e. The molecule has 0 N–H and O–H groups in total. The molecular weight excluding hydrogens is 319 g/mol. The molecule has 7 nitrogen and oxygen atoms in total. The predicted molar refractivity (Wildman–Crippen MR) is 80.3 cm³/mol. The van der Waals surface area contributed by atoms with Gasteiger partial charge in [-0.15, -0.1) is 0 Å². The highest BCUT2D eigenvalue weighted by Gasteiger charge is 2.40. The van der Waals surface area contributed by atoms with Crippen LogP contribution in [-0.4, -0.2) is 28.7 Å².